The van der Waals surface area contributed by atoms with Gasteiger partial charge in [-0.3, -0.25) is 9.48 Å². The summed E-state index contributed by atoms with van der Waals surface area (Å²) in [6.45, 7) is 6.32. The van der Waals surface area contributed by atoms with Gasteiger partial charge in [0.1, 0.15) is 0 Å². The zero-order valence-electron chi connectivity index (χ0n) is 10.0. The van der Waals surface area contributed by atoms with Gasteiger partial charge in [-0.15, -0.1) is 0 Å². The predicted molar refractivity (Wildman–Crippen MR) is 69.6 cm³/mol. The molecule has 0 bridgehead atoms. The summed E-state index contributed by atoms with van der Waals surface area (Å²) in [7, 11) is 0. The first-order valence-corrected chi connectivity index (χ1v) is 5.84. The zero-order chi connectivity index (χ0) is 12.4. The van der Waals surface area contributed by atoms with E-state index in [1.54, 1.807) is 17.1 Å². The minimum atomic E-state index is 0.0476. The molecule has 0 aliphatic carbocycles. The van der Waals surface area contributed by atoms with E-state index in [2.05, 4.69) is 28.9 Å². The Balaban J connectivity index is 0.00000106. The van der Waals surface area contributed by atoms with Crippen molar-refractivity contribution < 1.29 is 4.79 Å². The van der Waals surface area contributed by atoms with Gasteiger partial charge in [0.25, 0.3) is 0 Å². The van der Waals surface area contributed by atoms with E-state index in [0.717, 1.165) is 19.4 Å². The number of aromatic nitrogens is 2. The molecule has 0 spiro atoms. The largest absolute Gasteiger partial charge is 0.294 e. The Morgan fingerprint density at radius 3 is 2.75 bits per heavy atom. The predicted octanol–water partition coefficient (Wildman–Crippen LogP) is 2.78. The lowest BCUT2D eigenvalue weighted by atomic mass is 10.3. The molecule has 16 heavy (non-hydrogen) atoms. The van der Waals surface area contributed by atoms with Crippen LogP contribution in [-0.4, -0.2) is 15.6 Å². The fourth-order valence-corrected chi connectivity index (χ4v) is 1.16. The smallest absolute Gasteiger partial charge is 0.162 e. The molecular formula is C12H18N2OS. The van der Waals surface area contributed by atoms with Crippen LogP contribution < -0.4 is 0 Å². The molecule has 0 fully saturated rings. The van der Waals surface area contributed by atoms with Crippen LogP contribution in [0.25, 0.3) is 0 Å². The molecule has 1 rings (SSSR count). The number of ketones is 1. The maximum Gasteiger partial charge on any atom is 0.162 e. The lowest BCUT2D eigenvalue weighted by molar-refractivity contribution is 0.101. The van der Waals surface area contributed by atoms with Crippen molar-refractivity contribution in [2.75, 3.05) is 0 Å². The molecule has 1 aromatic rings. The first-order valence-electron chi connectivity index (χ1n) is 5.39. The normalized spacial score (nSPS) is 8.50. The number of aryl methyl sites for hydroxylation is 1. The number of carbonyl (C=O) groups is 1. The van der Waals surface area contributed by atoms with Crippen LogP contribution in [0.4, 0.5) is 0 Å². The summed E-state index contributed by atoms with van der Waals surface area (Å²) in [4.78, 5) is 10.9. The highest BCUT2D eigenvalue weighted by Crippen LogP contribution is 2.00. The minimum Gasteiger partial charge on any atom is -0.294 e. The van der Waals surface area contributed by atoms with Gasteiger partial charge in [0.2, 0.25) is 0 Å². The van der Waals surface area contributed by atoms with E-state index in [0.29, 0.717) is 5.56 Å². The van der Waals surface area contributed by atoms with Crippen molar-refractivity contribution >= 4 is 18.4 Å². The fourth-order valence-electron chi connectivity index (χ4n) is 1.05. The summed E-state index contributed by atoms with van der Waals surface area (Å²) in [6, 6.07) is 0. The molecule has 0 N–H and O–H groups in total. The van der Waals surface area contributed by atoms with Gasteiger partial charge in [-0.05, 0) is 18.6 Å². The first-order chi connectivity index (χ1) is 7.74. The van der Waals surface area contributed by atoms with Crippen LogP contribution in [0.5, 0.6) is 0 Å². The molecule has 0 amide bonds. The van der Waals surface area contributed by atoms with Crippen molar-refractivity contribution in [3.63, 3.8) is 0 Å². The molecule has 0 aliphatic rings. The van der Waals surface area contributed by atoms with Gasteiger partial charge >= 0.3 is 0 Å². The molecule has 4 heteroatoms. The molecule has 0 unspecified atom stereocenters. The summed E-state index contributed by atoms with van der Waals surface area (Å²) in [5.41, 5.74) is 0.658. The highest BCUT2D eigenvalue weighted by atomic mass is 32.1. The van der Waals surface area contributed by atoms with E-state index in [4.69, 9.17) is 0 Å². The second-order valence-corrected chi connectivity index (χ2v) is 3.16. The maximum atomic E-state index is 10.9. The Labute approximate surface area is 103 Å². The highest BCUT2D eigenvalue weighted by Gasteiger charge is 2.01. The number of rotatable bonds is 4. The SMILES string of the molecule is CC.CC(=O)c1cnn(CCCC#CS)c1. The molecule has 3 nitrogen and oxygen atoms in total. The first kappa shape index (κ1) is 14.8. The summed E-state index contributed by atoms with van der Waals surface area (Å²) >= 11 is 3.78. The monoisotopic (exact) mass is 238 g/mol. The fraction of sp³-hybridized carbons (Fsp3) is 0.500. The van der Waals surface area contributed by atoms with E-state index in [1.165, 1.54) is 6.92 Å². The third kappa shape index (κ3) is 5.62. The van der Waals surface area contributed by atoms with Gasteiger partial charge in [0, 0.05) is 19.2 Å². The van der Waals surface area contributed by atoms with Crippen LogP contribution in [-0.2, 0) is 6.54 Å². The van der Waals surface area contributed by atoms with Crippen molar-refractivity contribution in [2.45, 2.75) is 40.2 Å². The average molecular weight is 238 g/mol. The van der Waals surface area contributed by atoms with Crippen LogP contribution >= 0.6 is 12.6 Å². The molecule has 0 aliphatic heterocycles. The number of nitrogens with zero attached hydrogens (tertiary/aromatic N) is 2. The molecule has 0 saturated carbocycles. The van der Waals surface area contributed by atoms with Crippen molar-refractivity contribution in [1.82, 2.24) is 9.78 Å². The Morgan fingerprint density at radius 2 is 2.25 bits per heavy atom. The van der Waals surface area contributed by atoms with Crippen LogP contribution in [0.3, 0.4) is 0 Å². The minimum absolute atomic E-state index is 0.0476. The molecule has 0 aromatic carbocycles. The Kier molecular flexibility index (Phi) is 8.36. The van der Waals surface area contributed by atoms with Gasteiger partial charge < -0.3 is 0 Å². The van der Waals surface area contributed by atoms with Crippen LogP contribution in [0.1, 0.15) is 44.0 Å². The Hall–Kier alpha value is -1.21. The second-order valence-electron chi connectivity index (χ2n) is 2.94. The maximum absolute atomic E-state index is 10.9. The Bertz CT molecular complexity index is 374. The van der Waals surface area contributed by atoms with Gasteiger partial charge in [-0.1, -0.05) is 32.4 Å². The third-order valence-corrected chi connectivity index (χ3v) is 1.97. The van der Waals surface area contributed by atoms with Gasteiger partial charge in [0.15, 0.2) is 5.78 Å². The van der Waals surface area contributed by atoms with Crippen molar-refractivity contribution in [3.05, 3.63) is 18.0 Å². The lowest BCUT2D eigenvalue weighted by Gasteiger charge is -1.96. The molecule has 0 saturated heterocycles. The van der Waals surface area contributed by atoms with Crippen molar-refractivity contribution in [2.24, 2.45) is 0 Å². The highest BCUT2D eigenvalue weighted by molar-refractivity contribution is 7.85. The quantitative estimate of drug-likeness (QED) is 0.379. The van der Waals surface area contributed by atoms with E-state index < -0.39 is 0 Å². The van der Waals surface area contributed by atoms with Crippen molar-refractivity contribution in [3.8, 4) is 11.2 Å². The molecule has 1 heterocycles. The van der Waals surface area contributed by atoms with E-state index in [1.807, 2.05) is 13.8 Å². The zero-order valence-corrected chi connectivity index (χ0v) is 10.9. The summed E-state index contributed by atoms with van der Waals surface area (Å²) in [6.07, 6.45) is 5.08. The number of Topliss-reactive ketones (excluding diaryl/α,β-unsaturated/α-hetero) is 1. The third-order valence-electron chi connectivity index (χ3n) is 1.81. The number of carbonyl (C=O) groups excluding carboxylic acids is 1. The number of hydrogen-bond donors (Lipinski definition) is 1. The summed E-state index contributed by atoms with van der Waals surface area (Å²) < 4.78 is 1.76. The van der Waals surface area contributed by atoms with Crippen LogP contribution in [0, 0.1) is 11.2 Å². The van der Waals surface area contributed by atoms with E-state index in [-0.39, 0.29) is 5.78 Å². The number of hydrogen-bond acceptors (Lipinski definition) is 3. The molecule has 0 atom stereocenters. The standard InChI is InChI=1S/C10H12N2OS.C2H6/c1-9(13)10-7-11-12(8-10)5-3-2-4-6-14;1-2/h7-8,14H,2-3,5H2,1H3;1-2H3. The summed E-state index contributed by atoms with van der Waals surface area (Å²) in [5.74, 6) is 2.90. The summed E-state index contributed by atoms with van der Waals surface area (Å²) in [5, 5.41) is 6.60. The van der Waals surface area contributed by atoms with Gasteiger partial charge in [0.05, 0.1) is 11.8 Å². The van der Waals surface area contributed by atoms with Gasteiger partial charge in [-0.25, -0.2) is 0 Å². The number of unbranched alkanes of at least 4 members (excludes halogenated alkanes) is 1. The van der Waals surface area contributed by atoms with Crippen LogP contribution in [0.15, 0.2) is 12.4 Å². The molecule has 1 aromatic heterocycles. The van der Waals surface area contributed by atoms with Crippen molar-refractivity contribution in [1.29, 1.82) is 0 Å². The second kappa shape index (κ2) is 9.05. The Morgan fingerprint density at radius 1 is 1.56 bits per heavy atom. The van der Waals surface area contributed by atoms with Gasteiger partial charge in [-0.2, -0.15) is 5.10 Å². The average Bonchev–Trinajstić information content (AvgIpc) is 2.76. The van der Waals surface area contributed by atoms with Crippen LogP contribution in [0.2, 0.25) is 0 Å². The lowest BCUT2D eigenvalue weighted by Crippen LogP contribution is -1.97. The van der Waals surface area contributed by atoms with E-state index in [9.17, 15) is 4.79 Å². The molecule has 88 valence electrons. The molecule has 0 radical (unpaired) electrons. The van der Waals surface area contributed by atoms with E-state index >= 15 is 0 Å². The number of thiol groups is 1. The topological polar surface area (TPSA) is 34.9 Å². The molecular weight excluding hydrogens is 220 g/mol.